The summed E-state index contributed by atoms with van der Waals surface area (Å²) in [6.45, 7) is 1.73. The van der Waals surface area contributed by atoms with Crippen molar-refractivity contribution in [2.24, 2.45) is 0 Å². The minimum atomic E-state index is -0.269. The number of hydrogen-bond donors (Lipinski definition) is 1. The van der Waals surface area contributed by atoms with Gasteiger partial charge in [0.25, 0.3) is 0 Å². The van der Waals surface area contributed by atoms with Crippen molar-refractivity contribution >= 4 is 0 Å². The van der Waals surface area contributed by atoms with Crippen molar-refractivity contribution < 1.29 is 14.2 Å². The molecule has 1 N–H and O–H groups in total. The summed E-state index contributed by atoms with van der Waals surface area (Å²) >= 11 is 0. The molecule has 3 heteroatoms. The molecular weight excluding hydrogens is 207 g/mol. The van der Waals surface area contributed by atoms with E-state index in [1.807, 2.05) is 0 Å². The molecule has 88 valence electrons. The predicted octanol–water partition coefficient (Wildman–Crippen LogP) is 2.82. The Labute approximate surface area is 95.1 Å². The van der Waals surface area contributed by atoms with E-state index < -0.39 is 0 Å². The van der Waals surface area contributed by atoms with Gasteiger partial charge in [-0.3, -0.25) is 0 Å². The summed E-state index contributed by atoms with van der Waals surface area (Å²) in [5.74, 6) is 0.316. The molecule has 1 aliphatic carbocycles. The lowest BCUT2D eigenvalue weighted by Gasteiger charge is -2.26. The quantitative estimate of drug-likeness (QED) is 0.837. The van der Waals surface area contributed by atoms with Crippen LogP contribution >= 0.6 is 0 Å². The maximum atomic E-state index is 13.3. The van der Waals surface area contributed by atoms with Gasteiger partial charge >= 0.3 is 0 Å². The van der Waals surface area contributed by atoms with Crippen LogP contribution in [-0.2, 0) is 0 Å². The van der Waals surface area contributed by atoms with Crippen LogP contribution < -0.4 is 4.74 Å². The van der Waals surface area contributed by atoms with Crippen molar-refractivity contribution in [1.29, 1.82) is 0 Å². The van der Waals surface area contributed by atoms with Crippen molar-refractivity contribution in [3.63, 3.8) is 0 Å². The molecule has 2 atom stereocenters. The maximum Gasteiger partial charge on any atom is 0.129 e. The Kier molecular flexibility index (Phi) is 3.44. The van der Waals surface area contributed by atoms with Crippen LogP contribution in [0, 0.1) is 12.7 Å². The second-order valence-electron chi connectivity index (χ2n) is 4.47. The van der Waals surface area contributed by atoms with Crippen LogP contribution in [0.5, 0.6) is 5.75 Å². The monoisotopic (exact) mass is 224 g/mol. The van der Waals surface area contributed by atoms with Gasteiger partial charge < -0.3 is 9.84 Å². The number of aryl methyl sites for hydroxylation is 1. The fourth-order valence-electron chi connectivity index (χ4n) is 2.07. The number of halogens is 1. The number of rotatable bonds is 2. The second kappa shape index (κ2) is 4.83. The van der Waals surface area contributed by atoms with Gasteiger partial charge in [0.2, 0.25) is 0 Å². The average Bonchev–Trinajstić information content (AvgIpc) is 2.24. The topological polar surface area (TPSA) is 29.5 Å². The van der Waals surface area contributed by atoms with Crippen molar-refractivity contribution in [3.8, 4) is 5.75 Å². The Morgan fingerprint density at radius 1 is 1.38 bits per heavy atom. The summed E-state index contributed by atoms with van der Waals surface area (Å²) in [4.78, 5) is 0. The number of benzene rings is 1. The minimum absolute atomic E-state index is 0.0193. The van der Waals surface area contributed by atoms with Crippen molar-refractivity contribution in [2.75, 3.05) is 0 Å². The van der Waals surface area contributed by atoms with Crippen LogP contribution in [0.25, 0.3) is 0 Å². The van der Waals surface area contributed by atoms with E-state index in [-0.39, 0.29) is 18.0 Å². The third-order valence-electron chi connectivity index (χ3n) is 3.04. The standard InChI is InChI=1S/C13H17FO2/c1-9-5-6-12(8-13(9)14)16-11-4-2-3-10(15)7-11/h5-6,8,10-11,15H,2-4,7H2,1H3. The number of aliphatic hydroxyl groups is 1. The first kappa shape index (κ1) is 11.4. The lowest BCUT2D eigenvalue weighted by molar-refractivity contribution is 0.0535. The summed E-state index contributed by atoms with van der Waals surface area (Å²) in [5.41, 5.74) is 0.621. The summed E-state index contributed by atoms with van der Waals surface area (Å²) in [5, 5.41) is 9.50. The molecule has 2 nitrogen and oxygen atoms in total. The molecule has 2 unspecified atom stereocenters. The zero-order valence-electron chi connectivity index (χ0n) is 9.45. The van der Waals surface area contributed by atoms with E-state index in [0.29, 0.717) is 17.7 Å². The van der Waals surface area contributed by atoms with Gasteiger partial charge in [0, 0.05) is 12.5 Å². The van der Waals surface area contributed by atoms with Crippen LogP contribution in [0.2, 0.25) is 0 Å². The molecule has 1 aromatic carbocycles. The molecule has 0 saturated heterocycles. The summed E-state index contributed by atoms with van der Waals surface area (Å²) in [6.07, 6.45) is 3.16. The van der Waals surface area contributed by atoms with Crippen molar-refractivity contribution in [1.82, 2.24) is 0 Å². The van der Waals surface area contributed by atoms with E-state index in [1.54, 1.807) is 19.1 Å². The zero-order chi connectivity index (χ0) is 11.5. The molecular formula is C13H17FO2. The Morgan fingerprint density at radius 2 is 2.19 bits per heavy atom. The highest BCUT2D eigenvalue weighted by Gasteiger charge is 2.21. The highest BCUT2D eigenvalue weighted by molar-refractivity contribution is 5.28. The smallest absolute Gasteiger partial charge is 0.129 e. The molecule has 0 radical (unpaired) electrons. The highest BCUT2D eigenvalue weighted by atomic mass is 19.1. The fourth-order valence-corrected chi connectivity index (χ4v) is 2.07. The number of aliphatic hydroxyl groups excluding tert-OH is 1. The van der Waals surface area contributed by atoms with E-state index in [9.17, 15) is 9.50 Å². The largest absolute Gasteiger partial charge is 0.490 e. The molecule has 1 saturated carbocycles. The maximum absolute atomic E-state index is 13.3. The van der Waals surface area contributed by atoms with Gasteiger partial charge in [0.15, 0.2) is 0 Å². The molecule has 0 spiro atoms. The Morgan fingerprint density at radius 3 is 2.88 bits per heavy atom. The second-order valence-corrected chi connectivity index (χ2v) is 4.47. The lowest BCUT2D eigenvalue weighted by atomic mass is 9.95. The van der Waals surface area contributed by atoms with Gasteiger partial charge in [0.05, 0.1) is 6.10 Å². The van der Waals surface area contributed by atoms with Crippen molar-refractivity contribution in [3.05, 3.63) is 29.6 Å². The molecule has 1 aliphatic rings. The van der Waals surface area contributed by atoms with Crippen molar-refractivity contribution in [2.45, 2.75) is 44.8 Å². The average molecular weight is 224 g/mol. The summed E-state index contributed by atoms with van der Waals surface area (Å²) in [6, 6.07) is 4.90. The van der Waals surface area contributed by atoms with Crippen LogP contribution in [0.1, 0.15) is 31.2 Å². The molecule has 0 amide bonds. The molecule has 0 aromatic heterocycles. The van der Waals surface area contributed by atoms with E-state index >= 15 is 0 Å². The molecule has 0 aliphatic heterocycles. The first-order chi connectivity index (χ1) is 7.65. The minimum Gasteiger partial charge on any atom is -0.490 e. The third-order valence-corrected chi connectivity index (χ3v) is 3.04. The summed E-state index contributed by atoms with van der Waals surface area (Å²) < 4.78 is 18.9. The number of ether oxygens (including phenoxy) is 1. The normalized spacial score (nSPS) is 25.4. The Balaban J connectivity index is 2.00. The molecule has 16 heavy (non-hydrogen) atoms. The van der Waals surface area contributed by atoms with Gasteiger partial charge in [-0.25, -0.2) is 4.39 Å². The van der Waals surface area contributed by atoms with E-state index in [1.165, 1.54) is 6.07 Å². The molecule has 0 bridgehead atoms. The van der Waals surface area contributed by atoms with Crippen LogP contribution in [0.15, 0.2) is 18.2 Å². The Bertz CT molecular complexity index is 365. The van der Waals surface area contributed by atoms with Gasteiger partial charge in [-0.1, -0.05) is 6.07 Å². The Hall–Kier alpha value is -1.09. The van der Waals surface area contributed by atoms with Crippen LogP contribution in [0.3, 0.4) is 0 Å². The predicted molar refractivity (Wildman–Crippen MR) is 60.0 cm³/mol. The van der Waals surface area contributed by atoms with Crippen LogP contribution in [0.4, 0.5) is 4.39 Å². The highest BCUT2D eigenvalue weighted by Crippen LogP contribution is 2.24. The molecule has 0 heterocycles. The summed E-state index contributed by atoms with van der Waals surface area (Å²) in [7, 11) is 0. The van der Waals surface area contributed by atoms with E-state index in [0.717, 1.165) is 19.3 Å². The van der Waals surface area contributed by atoms with Gasteiger partial charge in [-0.15, -0.1) is 0 Å². The van der Waals surface area contributed by atoms with Crippen LogP contribution in [-0.4, -0.2) is 17.3 Å². The lowest BCUT2D eigenvalue weighted by Crippen LogP contribution is -2.28. The third kappa shape index (κ3) is 2.73. The molecule has 1 aromatic rings. The van der Waals surface area contributed by atoms with E-state index in [4.69, 9.17) is 4.74 Å². The first-order valence-corrected chi connectivity index (χ1v) is 5.76. The zero-order valence-corrected chi connectivity index (χ0v) is 9.45. The van der Waals surface area contributed by atoms with Gasteiger partial charge in [-0.05, 0) is 37.8 Å². The SMILES string of the molecule is Cc1ccc(OC2CCCC(O)C2)cc1F. The molecule has 1 fully saturated rings. The molecule has 2 rings (SSSR count). The fraction of sp³-hybridized carbons (Fsp3) is 0.538. The first-order valence-electron chi connectivity index (χ1n) is 5.76. The van der Waals surface area contributed by atoms with E-state index in [2.05, 4.69) is 0 Å². The number of hydrogen-bond acceptors (Lipinski definition) is 2. The van der Waals surface area contributed by atoms with Gasteiger partial charge in [-0.2, -0.15) is 0 Å². The van der Waals surface area contributed by atoms with Gasteiger partial charge in [0.1, 0.15) is 17.7 Å².